The lowest BCUT2D eigenvalue weighted by Crippen LogP contribution is -2.24. The van der Waals surface area contributed by atoms with E-state index in [9.17, 15) is 9.00 Å². The third-order valence-electron chi connectivity index (χ3n) is 6.29. The van der Waals surface area contributed by atoms with Gasteiger partial charge in [0.25, 0.3) is 0 Å². The molecule has 0 saturated heterocycles. The Balaban J connectivity index is 1.44. The predicted octanol–water partition coefficient (Wildman–Crippen LogP) is 2.29. The van der Waals surface area contributed by atoms with E-state index in [2.05, 4.69) is 20.8 Å². The summed E-state index contributed by atoms with van der Waals surface area (Å²) in [7, 11) is 0.427. The molecule has 10 heteroatoms. The van der Waals surface area contributed by atoms with Crippen molar-refractivity contribution >= 4 is 21.6 Å². The van der Waals surface area contributed by atoms with Gasteiger partial charge in [-0.15, -0.1) is 4.36 Å². The SMILES string of the molecule is CN(C)C[C@H]1COc2c(S(N)(=O)=NC(=O)Nc3c4c(cc5c3CCC5)CCC4)cnn21. The van der Waals surface area contributed by atoms with Gasteiger partial charge in [-0.05, 0) is 74.9 Å². The lowest BCUT2D eigenvalue weighted by Gasteiger charge is -2.15. The summed E-state index contributed by atoms with van der Waals surface area (Å²) in [6.07, 6.45) is 7.50. The Bertz CT molecular complexity index is 1150. The van der Waals surface area contributed by atoms with E-state index in [-0.39, 0.29) is 10.9 Å². The van der Waals surface area contributed by atoms with Crippen molar-refractivity contribution in [1.82, 2.24) is 14.7 Å². The first kappa shape index (κ1) is 20.5. The van der Waals surface area contributed by atoms with Gasteiger partial charge >= 0.3 is 6.03 Å². The van der Waals surface area contributed by atoms with Crippen molar-refractivity contribution in [3.63, 3.8) is 0 Å². The van der Waals surface area contributed by atoms with Gasteiger partial charge in [-0.3, -0.25) is 0 Å². The maximum absolute atomic E-state index is 13.2. The number of benzene rings is 1. The molecule has 2 aliphatic carbocycles. The molecule has 2 atom stereocenters. The highest BCUT2D eigenvalue weighted by atomic mass is 32.2. The van der Waals surface area contributed by atoms with Gasteiger partial charge in [0.15, 0.2) is 9.92 Å². The van der Waals surface area contributed by atoms with Gasteiger partial charge in [0.1, 0.15) is 17.5 Å². The van der Waals surface area contributed by atoms with E-state index in [0.29, 0.717) is 12.5 Å². The monoisotopic (exact) mass is 444 g/mol. The fraction of sp³-hybridized carbons (Fsp3) is 0.524. The van der Waals surface area contributed by atoms with Crippen LogP contribution in [0.3, 0.4) is 0 Å². The summed E-state index contributed by atoms with van der Waals surface area (Å²) in [5.74, 6) is 0.331. The minimum Gasteiger partial charge on any atom is -0.475 e. The van der Waals surface area contributed by atoms with Crippen LogP contribution in [0, 0.1) is 0 Å². The fourth-order valence-electron chi connectivity index (χ4n) is 5.00. The number of likely N-dealkylation sites (N-methyl/N-ethyl adjacent to an activating group) is 1. The zero-order valence-electron chi connectivity index (χ0n) is 17.9. The molecule has 0 saturated carbocycles. The molecule has 0 fully saturated rings. The van der Waals surface area contributed by atoms with E-state index < -0.39 is 15.9 Å². The van der Waals surface area contributed by atoms with Gasteiger partial charge < -0.3 is 15.0 Å². The molecule has 5 rings (SSSR count). The first-order valence-electron chi connectivity index (χ1n) is 10.7. The van der Waals surface area contributed by atoms with Crippen LogP contribution in [0.4, 0.5) is 10.5 Å². The molecule has 9 nitrogen and oxygen atoms in total. The Hall–Kier alpha value is -2.43. The van der Waals surface area contributed by atoms with Crippen LogP contribution in [0.2, 0.25) is 0 Å². The van der Waals surface area contributed by atoms with Gasteiger partial charge in [0.2, 0.25) is 5.88 Å². The van der Waals surface area contributed by atoms with Crippen molar-refractivity contribution in [2.24, 2.45) is 9.50 Å². The predicted molar refractivity (Wildman–Crippen MR) is 118 cm³/mol. The van der Waals surface area contributed by atoms with Gasteiger partial charge in [-0.25, -0.2) is 18.8 Å². The fourth-order valence-corrected chi connectivity index (χ4v) is 5.99. The van der Waals surface area contributed by atoms with E-state index in [1.165, 1.54) is 28.5 Å². The molecular formula is C21H28N6O3S. The van der Waals surface area contributed by atoms with Gasteiger partial charge in [0, 0.05) is 12.2 Å². The molecule has 0 spiro atoms. The van der Waals surface area contributed by atoms with Crippen molar-refractivity contribution in [2.75, 3.05) is 32.6 Å². The molecule has 2 aromatic rings. The third-order valence-corrected chi connectivity index (χ3v) is 7.64. The summed E-state index contributed by atoms with van der Waals surface area (Å²) in [4.78, 5) is 15.0. The summed E-state index contributed by atoms with van der Waals surface area (Å²) in [6, 6.07) is 1.60. The summed E-state index contributed by atoms with van der Waals surface area (Å²) in [6.45, 7) is 1.14. The van der Waals surface area contributed by atoms with Crippen LogP contribution in [0.25, 0.3) is 0 Å². The van der Waals surface area contributed by atoms with Crippen molar-refractivity contribution in [2.45, 2.75) is 49.5 Å². The maximum Gasteiger partial charge on any atom is 0.354 e. The second-order valence-corrected chi connectivity index (χ2v) is 10.6. The molecule has 1 aromatic carbocycles. The average Bonchev–Trinajstić information content (AvgIpc) is 3.45. The van der Waals surface area contributed by atoms with Crippen LogP contribution in [0.1, 0.15) is 41.1 Å². The first-order valence-corrected chi connectivity index (χ1v) is 12.3. The Morgan fingerprint density at radius 1 is 1.29 bits per heavy atom. The number of ether oxygens (including phenoxy) is 1. The Labute approximate surface area is 182 Å². The number of nitrogens with zero attached hydrogens (tertiary/aromatic N) is 4. The Morgan fingerprint density at radius 3 is 2.61 bits per heavy atom. The van der Waals surface area contributed by atoms with Crippen molar-refractivity contribution in [3.05, 3.63) is 34.5 Å². The number of aryl methyl sites for hydroxylation is 2. The quantitative estimate of drug-likeness (QED) is 0.751. The van der Waals surface area contributed by atoms with Crippen LogP contribution in [0.15, 0.2) is 21.5 Å². The van der Waals surface area contributed by atoms with E-state index in [1.54, 1.807) is 4.68 Å². The minimum absolute atomic E-state index is 0.00253. The second kappa shape index (κ2) is 7.61. The number of hydrogen-bond acceptors (Lipinski definition) is 5. The number of nitrogens with one attached hydrogen (secondary N) is 1. The molecule has 2 heterocycles. The number of carbonyl (C=O) groups is 1. The number of rotatable bonds is 4. The summed E-state index contributed by atoms with van der Waals surface area (Å²) < 4.78 is 24.5. The number of anilines is 1. The van der Waals surface area contributed by atoms with Crippen molar-refractivity contribution in [3.8, 4) is 5.88 Å². The topological polar surface area (TPSA) is 115 Å². The third kappa shape index (κ3) is 3.62. The van der Waals surface area contributed by atoms with Crippen LogP contribution in [-0.2, 0) is 35.6 Å². The van der Waals surface area contributed by atoms with E-state index in [4.69, 9.17) is 9.88 Å². The molecule has 0 bridgehead atoms. The number of aromatic nitrogens is 2. The van der Waals surface area contributed by atoms with Gasteiger partial charge in [-0.1, -0.05) is 6.07 Å². The number of amides is 2. The first-order chi connectivity index (χ1) is 14.8. The van der Waals surface area contributed by atoms with E-state index in [0.717, 1.165) is 50.8 Å². The molecule has 1 aliphatic heterocycles. The van der Waals surface area contributed by atoms with Crippen LogP contribution >= 0.6 is 0 Å². The number of urea groups is 1. The Kier molecular flexibility index (Phi) is 5.03. The van der Waals surface area contributed by atoms with Crippen LogP contribution in [-0.4, -0.2) is 52.2 Å². The maximum atomic E-state index is 13.2. The lowest BCUT2D eigenvalue weighted by atomic mass is 9.99. The van der Waals surface area contributed by atoms with E-state index >= 15 is 0 Å². The molecule has 1 aromatic heterocycles. The molecular weight excluding hydrogens is 416 g/mol. The number of nitrogens with two attached hydrogens (primary N) is 1. The number of hydrogen-bond donors (Lipinski definition) is 2. The summed E-state index contributed by atoms with van der Waals surface area (Å²) in [5, 5.41) is 13.3. The largest absolute Gasteiger partial charge is 0.475 e. The number of fused-ring (bicyclic) bond motifs is 3. The zero-order chi connectivity index (χ0) is 21.8. The molecule has 1 unspecified atom stereocenters. The molecule has 0 radical (unpaired) electrons. The van der Waals surface area contributed by atoms with Gasteiger partial charge in [-0.2, -0.15) is 5.10 Å². The molecule has 3 N–H and O–H groups in total. The zero-order valence-corrected chi connectivity index (χ0v) is 18.7. The Morgan fingerprint density at radius 2 is 1.97 bits per heavy atom. The van der Waals surface area contributed by atoms with Gasteiger partial charge in [0.05, 0.1) is 6.20 Å². The highest BCUT2D eigenvalue weighted by Crippen LogP contribution is 2.39. The highest BCUT2D eigenvalue weighted by molar-refractivity contribution is 7.91. The highest BCUT2D eigenvalue weighted by Gasteiger charge is 2.32. The molecule has 2 amide bonds. The summed E-state index contributed by atoms with van der Waals surface area (Å²) in [5.41, 5.74) is 5.84. The average molecular weight is 445 g/mol. The van der Waals surface area contributed by atoms with E-state index in [1.807, 2.05) is 19.0 Å². The van der Waals surface area contributed by atoms with Crippen molar-refractivity contribution < 1.29 is 13.7 Å². The normalized spacial score (nSPS) is 20.7. The molecule has 3 aliphatic rings. The molecule has 166 valence electrons. The van der Waals surface area contributed by atoms with Crippen LogP contribution in [0.5, 0.6) is 5.88 Å². The number of carbonyl (C=O) groups excluding carboxylic acids is 1. The lowest BCUT2D eigenvalue weighted by molar-refractivity contribution is 0.260. The standard InChI is InChI=1S/C21H28N6O3S/c1-26(2)11-15-12-30-20-18(10-23-27(15)20)31(22,29)25-21(28)24-19-16-7-3-5-13(16)9-14-6-4-8-17(14)19/h9-10,15H,3-8,11-12H2,1-2H3,(H3,22,24,25,28,29)/t15-,31?/m0/s1. The summed E-state index contributed by atoms with van der Waals surface area (Å²) >= 11 is 0. The minimum atomic E-state index is -3.50. The second-order valence-electron chi connectivity index (χ2n) is 8.81. The smallest absolute Gasteiger partial charge is 0.354 e. The molecule has 31 heavy (non-hydrogen) atoms. The van der Waals surface area contributed by atoms with Crippen LogP contribution < -0.4 is 15.2 Å². The van der Waals surface area contributed by atoms with Crippen molar-refractivity contribution in [1.29, 1.82) is 0 Å².